The number of rotatable bonds is 8. The van der Waals surface area contributed by atoms with Gasteiger partial charge < -0.3 is 9.84 Å². The van der Waals surface area contributed by atoms with Gasteiger partial charge in [-0.05, 0) is 55.3 Å². The van der Waals surface area contributed by atoms with Crippen molar-refractivity contribution in [3.63, 3.8) is 0 Å². The SMILES string of the molecule is CCCCCC1(C)CC(C)(C)CCC1COC(=O)C1CCCCC1C(=O)O. The zero-order valence-electron chi connectivity index (χ0n) is 17.9. The summed E-state index contributed by atoms with van der Waals surface area (Å²) in [4.78, 5) is 24.2. The number of unbranched alkanes of at least 4 members (excludes halogenated alkanes) is 2. The Morgan fingerprint density at radius 2 is 1.70 bits per heavy atom. The molecule has 0 heterocycles. The van der Waals surface area contributed by atoms with Crippen LogP contribution in [0.5, 0.6) is 0 Å². The minimum atomic E-state index is -0.847. The van der Waals surface area contributed by atoms with Crippen molar-refractivity contribution in [1.29, 1.82) is 0 Å². The Bertz CT molecular complexity index is 513. The molecule has 2 saturated carbocycles. The molecular formula is C23H40O4. The minimum absolute atomic E-state index is 0.204. The van der Waals surface area contributed by atoms with Crippen molar-refractivity contribution in [2.75, 3.05) is 6.61 Å². The van der Waals surface area contributed by atoms with E-state index in [4.69, 9.17) is 4.74 Å². The summed E-state index contributed by atoms with van der Waals surface area (Å²) in [6, 6.07) is 0. The summed E-state index contributed by atoms with van der Waals surface area (Å²) in [5.41, 5.74) is 0.551. The summed E-state index contributed by atoms with van der Waals surface area (Å²) in [5, 5.41) is 9.43. The van der Waals surface area contributed by atoms with Gasteiger partial charge in [-0.1, -0.05) is 59.8 Å². The summed E-state index contributed by atoms with van der Waals surface area (Å²) in [7, 11) is 0. The van der Waals surface area contributed by atoms with Gasteiger partial charge in [0.15, 0.2) is 0 Å². The van der Waals surface area contributed by atoms with Crippen LogP contribution in [0.3, 0.4) is 0 Å². The molecule has 4 heteroatoms. The van der Waals surface area contributed by atoms with Crippen LogP contribution in [0, 0.1) is 28.6 Å². The first-order chi connectivity index (χ1) is 12.7. The first-order valence-corrected chi connectivity index (χ1v) is 11.1. The second kappa shape index (κ2) is 9.43. The Balaban J connectivity index is 1.98. The molecule has 0 aromatic heterocycles. The highest BCUT2D eigenvalue weighted by Crippen LogP contribution is 2.52. The molecule has 0 amide bonds. The molecule has 0 aromatic rings. The van der Waals surface area contributed by atoms with Gasteiger partial charge in [0.2, 0.25) is 0 Å². The van der Waals surface area contributed by atoms with Gasteiger partial charge >= 0.3 is 11.9 Å². The van der Waals surface area contributed by atoms with Crippen molar-refractivity contribution >= 4 is 11.9 Å². The van der Waals surface area contributed by atoms with Gasteiger partial charge in [-0.2, -0.15) is 0 Å². The highest BCUT2D eigenvalue weighted by atomic mass is 16.5. The molecule has 1 N–H and O–H groups in total. The van der Waals surface area contributed by atoms with E-state index in [1.54, 1.807) is 0 Å². The number of esters is 1. The van der Waals surface area contributed by atoms with Gasteiger partial charge in [-0.25, -0.2) is 0 Å². The highest BCUT2D eigenvalue weighted by molar-refractivity contribution is 5.81. The zero-order chi connectivity index (χ0) is 20.1. The summed E-state index contributed by atoms with van der Waals surface area (Å²) in [6.07, 6.45) is 11.4. The molecule has 0 aromatic carbocycles. The number of hydrogen-bond donors (Lipinski definition) is 1. The molecule has 4 nitrogen and oxygen atoms in total. The van der Waals surface area contributed by atoms with Crippen molar-refractivity contribution < 1.29 is 19.4 Å². The lowest BCUT2D eigenvalue weighted by Gasteiger charge is -2.48. The Morgan fingerprint density at radius 3 is 2.33 bits per heavy atom. The van der Waals surface area contributed by atoms with Crippen molar-refractivity contribution in [3.05, 3.63) is 0 Å². The first kappa shape index (κ1) is 22.2. The second-order valence-electron chi connectivity index (χ2n) is 10.2. The Morgan fingerprint density at radius 1 is 1.04 bits per heavy atom. The summed E-state index contributed by atoms with van der Waals surface area (Å²) in [5.74, 6) is -1.75. The average molecular weight is 381 g/mol. The van der Waals surface area contributed by atoms with Crippen LogP contribution in [-0.2, 0) is 14.3 Å². The van der Waals surface area contributed by atoms with Crippen LogP contribution in [0.1, 0.15) is 98.3 Å². The molecule has 2 fully saturated rings. The quantitative estimate of drug-likeness (QED) is 0.425. The third kappa shape index (κ3) is 5.96. The number of hydrogen-bond acceptors (Lipinski definition) is 3. The van der Waals surface area contributed by atoms with Crippen LogP contribution in [0.25, 0.3) is 0 Å². The van der Waals surface area contributed by atoms with Crippen LogP contribution in [0.4, 0.5) is 0 Å². The predicted octanol–water partition coefficient (Wildman–Crippen LogP) is 5.83. The van der Waals surface area contributed by atoms with Crippen LogP contribution >= 0.6 is 0 Å². The van der Waals surface area contributed by atoms with E-state index in [-0.39, 0.29) is 11.4 Å². The molecule has 2 rings (SSSR count). The van der Waals surface area contributed by atoms with Crippen LogP contribution in [0.15, 0.2) is 0 Å². The topological polar surface area (TPSA) is 63.6 Å². The number of carbonyl (C=O) groups is 2. The van der Waals surface area contributed by atoms with Crippen LogP contribution in [-0.4, -0.2) is 23.7 Å². The molecule has 0 bridgehead atoms. The van der Waals surface area contributed by atoms with E-state index in [0.717, 1.165) is 19.3 Å². The maximum Gasteiger partial charge on any atom is 0.309 e. The predicted molar refractivity (Wildman–Crippen MR) is 107 cm³/mol. The fourth-order valence-corrected chi connectivity index (χ4v) is 5.59. The normalized spacial score (nSPS) is 33.4. The zero-order valence-corrected chi connectivity index (χ0v) is 17.9. The summed E-state index contributed by atoms with van der Waals surface area (Å²) >= 11 is 0. The van der Waals surface area contributed by atoms with E-state index in [1.807, 2.05) is 0 Å². The van der Waals surface area contributed by atoms with Gasteiger partial charge in [-0.15, -0.1) is 0 Å². The van der Waals surface area contributed by atoms with E-state index < -0.39 is 17.8 Å². The minimum Gasteiger partial charge on any atom is -0.481 e. The molecule has 0 radical (unpaired) electrons. The van der Waals surface area contributed by atoms with E-state index in [2.05, 4.69) is 27.7 Å². The Labute approximate surface area is 165 Å². The van der Waals surface area contributed by atoms with Crippen LogP contribution < -0.4 is 0 Å². The second-order valence-corrected chi connectivity index (χ2v) is 10.2. The molecule has 0 saturated heterocycles. The van der Waals surface area contributed by atoms with E-state index in [0.29, 0.717) is 30.8 Å². The van der Waals surface area contributed by atoms with Gasteiger partial charge in [0.25, 0.3) is 0 Å². The van der Waals surface area contributed by atoms with Crippen molar-refractivity contribution in [2.24, 2.45) is 28.6 Å². The molecule has 2 aliphatic carbocycles. The van der Waals surface area contributed by atoms with Gasteiger partial charge in [0.1, 0.15) is 0 Å². The average Bonchev–Trinajstić information content (AvgIpc) is 2.60. The maximum atomic E-state index is 12.7. The molecule has 156 valence electrons. The highest BCUT2D eigenvalue weighted by Gasteiger charge is 2.44. The van der Waals surface area contributed by atoms with E-state index >= 15 is 0 Å². The van der Waals surface area contributed by atoms with Gasteiger partial charge in [0.05, 0.1) is 18.4 Å². The third-order valence-corrected chi connectivity index (χ3v) is 7.20. The first-order valence-electron chi connectivity index (χ1n) is 11.1. The number of carboxylic acids is 1. The molecule has 2 aliphatic rings. The fraction of sp³-hybridized carbons (Fsp3) is 0.913. The Hall–Kier alpha value is -1.06. The molecule has 27 heavy (non-hydrogen) atoms. The summed E-state index contributed by atoms with van der Waals surface area (Å²) in [6.45, 7) is 9.78. The largest absolute Gasteiger partial charge is 0.481 e. The van der Waals surface area contributed by atoms with E-state index in [1.165, 1.54) is 38.5 Å². The lowest BCUT2D eigenvalue weighted by molar-refractivity contribution is -0.162. The third-order valence-electron chi connectivity index (χ3n) is 7.20. The van der Waals surface area contributed by atoms with Crippen LogP contribution in [0.2, 0.25) is 0 Å². The Kier molecular flexibility index (Phi) is 7.76. The lowest BCUT2D eigenvalue weighted by atomic mass is 9.57. The monoisotopic (exact) mass is 380 g/mol. The maximum absolute atomic E-state index is 12.7. The van der Waals surface area contributed by atoms with E-state index in [9.17, 15) is 14.7 Å². The molecule has 4 unspecified atom stereocenters. The van der Waals surface area contributed by atoms with Crippen molar-refractivity contribution in [1.82, 2.24) is 0 Å². The molecule has 0 spiro atoms. The fourth-order valence-electron chi connectivity index (χ4n) is 5.59. The van der Waals surface area contributed by atoms with Crippen molar-refractivity contribution in [2.45, 2.75) is 98.3 Å². The summed E-state index contributed by atoms with van der Waals surface area (Å²) < 4.78 is 5.77. The standard InChI is InChI=1S/C23H40O4/c1-5-6-9-13-23(4)16-22(2,3)14-12-17(23)15-27-21(26)19-11-8-7-10-18(19)20(24)25/h17-19H,5-16H2,1-4H3,(H,24,25). The number of ether oxygens (including phenoxy) is 1. The van der Waals surface area contributed by atoms with Crippen molar-refractivity contribution in [3.8, 4) is 0 Å². The van der Waals surface area contributed by atoms with Gasteiger partial charge in [0, 0.05) is 0 Å². The molecule has 4 atom stereocenters. The molecular weight excluding hydrogens is 340 g/mol. The smallest absolute Gasteiger partial charge is 0.309 e. The lowest BCUT2D eigenvalue weighted by Crippen LogP contribution is -2.42. The number of carboxylic acid groups (broad SMARTS) is 1. The number of carbonyl (C=O) groups excluding carboxylic acids is 1. The number of aliphatic carboxylic acids is 1. The molecule has 0 aliphatic heterocycles. The van der Waals surface area contributed by atoms with Gasteiger partial charge in [-0.3, -0.25) is 9.59 Å².